The molecule has 22 heavy (non-hydrogen) atoms. The van der Waals surface area contributed by atoms with E-state index in [-0.39, 0.29) is 0 Å². The van der Waals surface area contributed by atoms with Crippen LogP contribution in [0.15, 0.2) is 22.7 Å². The molecule has 11 heteroatoms. The van der Waals surface area contributed by atoms with Crippen molar-refractivity contribution < 1.29 is 41.4 Å². The highest BCUT2D eigenvalue weighted by Gasteiger charge is 2.39. The maximum absolute atomic E-state index is 12.1. The summed E-state index contributed by atoms with van der Waals surface area (Å²) in [6, 6.07) is 1.79. The summed E-state index contributed by atoms with van der Waals surface area (Å²) in [5, 5.41) is 34.2. The lowest BCUT2D eigenvalue weighted by atomic mass is 10.0. The second-order valence-electron chi connectivity index (χ2n) is 3.77. The molecule has 0 aromatic carbocycles. The van der Waals surface area contributed by atoms with Crippen molar-refractivity contribution in [1.82, 2.24) is 0 Å². The predicted octanol–water partition coefficient (Wildman–Crippen LogP) is 3.13. The van der Waals surface area contributed by atoms with Gasteiger partial charge in [-0.25, -0.2) is 0 Å². The number of Topliss-reactive ketones (excluding diaryl/α,β-unsaturated/α-hetero) is 1. The van der Waals surface area contributed by atoms with Gasteiger partial charge in [0.05, 0.1) is 23.3 Å². The van der Waals surface area contributed by atoms with Crippen molar-refractivity contribution in [3.63, 3.8) is 0 Å². The van der Waals surface area contributed by atoms with E-state index in [2.05, 4.69) is 0 Å². The zero-order valence-electron chi connectivity index (χ0n) is 10.4. The third-order valence-electron chi connectivity index (χ3n) is 2.13. The van der Waals surface area contributed by atoms with E-state index in [9.17, 15) is 31.1 Å². The van der Waals surface area contributed by atoms with Gasteiger partial charge < -0.3 is 10.2 Å². The molecule has 0 bridgehead atoms. The fourth-order valence-electron chi connectivity index (χ4n) is 1.15. The lowest BCUT2D eigenvalue weighted by Crippen LogP contribution is -2.17. The Kier molecular flexibility index (Phi) is 6.01. The summed E-state index contributed by atoms with van der Waals surface area (Å²) < 4.78 is 72.8. The molecule has 0 rings (SSSR count). The molecule has 2 N–H and O–H groups in total. The fourth-order valence-corrected chi connectivity index (χ4v) is 1.15. The number of rotatable bonds is 4. The van der Waals surface area contributed by atoms with Gasteiger partial charge in [0.2, 0.25) is 11.5 Å². The van der Waals surface area contributed by atoms with Gasteiger partial charge >= 0.3 is 12.4 Å². The van der Waals surface area contributed by atoms with Crippen LogP contribution in [-0.2, 0) is 4.79 Å². The summed E-state index contributed by atoms with van der Waals surface area (Å²) in [6.07, 6.45) is -13.3. The van der Waals surface area contributed by atoms with E-state index in [0.29, 0.717) is 0 Å². The van der Waals surface area contributed by atoms with E-state index in [1.807, 2.05) is 0 Å². The average Bonchev–Trinajstić information content (AvgIpc) is 2.38. The summed E-state index contributed by atoms with van der Waals surface area (Å²) in [4.78, 5) is 11.3. The molecule has 0 aromatic heterocycles. The van der Waals surface area contributed by atoms with Crippen LogP contribution in [0, 0.1) is 22.7 Å². The molecule has 0 aliphatic rings. The van der Waals surface area contributed by atoms with Crippen molar-refractivity contribution in [2.45, 2.75) is 25.2 Å². The van der Waals surface area contributed by atoms with Crippen molar-refractivity contribution in [2.24, 2.45) is 0 Å². The molecule has 0 fully saturated rings. The number of alkyl halides is 6. The highest BCUT2D eigenvalue weighted by atomic mass is 19.4. The van der Waals surface area contributed by atoms with Gasteiger partial charge in [0.1, 0.15) is 5.78 Å². The lowest BCUT2D eigenvalue weighted by molar-refractivity contribution is -0.123. The number of carbonyl (C=O) groups excluding carboxylic acids is 1. The number of aliphatic hydroxyl groups is 2. The van der Waals surface area contributed by atoms with E-state index in [1.165, 1.54) is 0 Å². The van der Waals surface area contributed by atoms with E-state index >= 15 is 0 Å². The van der Waals surface area contributed by atoms with Gasteiger partial charge in [-0.1, -0.05) is 0 Å². The van der Waals surface area contributed by atoms with Crippen molar-refractivity contribution in [2.75, 3.05) is 0 Å². The molecular weight excluding hydrogens is 322 g/mol. The third kappa shape index (κ3) is 5.36. The van der Waals surface area contributed by atoms with Crippen LogP contribution in [-0.4, -0.2) is 28.3 Å². The third-order valence-corrected chi connectivity index (χ3v) is 2.13. The molecule has 0 saturated carbocycles. The Morgan fingerprint density at radius 1 is 0.818 bits per heavy atom. The van der Waals surface area contributed by atoms with Crippen LogP contribution in [0.1, 0.15) is 12.8 Å². The van der Waals surface area contributed by atoms with Gasteiger partial charge in [0, 0.05) is 12.8 Å². The minimum Gasteiger partial charge on any atom is -0.504 e. The van der Waals surface area contributed by atoms with Crippen LogP contribution < -0.4 is 0 Å². The molecule has 0 aliphatic carbocycles. The Balaban J connectivity index is 5.36. The Bertz CT molecular complexity index is 549. The van der Waals surface area contributed by atoms with Gasteiger partial charge in [0.15, 0.2) is 0 Å². The average molecular weight is 328 g/mol. The van der Waals surface area contributed by atoms with Crippen LogP contribution in [0.25, 0.3) is 0 Å². The molecular formula is C11H6F6N2O3. The first kappa shape index (κ1) is 19.3. The molecule has 0 saturated heterocycles. The fraction of sp³-hybridized carbons (Fsp3) is 0.364. The van der Waals surface area contributed by atoms with Crippen molar-refractivity contribution >= 4 is 5.78 Å². The number of carbonyl (C=O) groups is 1. The summed E-state index contributed by atoms with van der Waals surface area (Å²) in [5.74, 6) is -6.11. The molecule has 5 nitrogen and oxygen atoms in total. The molecule has 0 aliphatic heterocycles. The maximum atomic E-state index is 12.1. The molecule has 120 valence electrons. The first-order chi connectivity index (χ1) is 9.84. The number of nitriles is 2. The number of hydrogen-bond donors (Lipinski definition) is 2. The van der Waals surface area contributed by atoms with E-state index < -0.39 is 53.6 Å². The van der Waals surface area contributed by atoms with Gasteiger partial charge in [-0.2, -0.15) is 36.9 Å². The molecule has 0 amide bonds. The Hall–Kier alpha value is -2.69. The minimum atomic E-state index is -5.31. The van der Waals surface area contributed by atoms with Crippen LogP contribution >= 0.6 is 0 Å². The molecule has 0 radical (unpaired) electrons. The van der Waals surface area contributed by atoms with Crippen LogP contribution in [0.3, 0.4) is 0 Å². The normalized spacial score (nSPS) is 14.4. The number of nitrogens with zero attached hydrogens (tertiary/aromatic N) is 2. The van der Waals surface area contributed by atoms with E-state index in [0.717, 1.165) is 12.1 Å². The quantitative estimate of drug-likeness (QED) is 0.468. The van der Waals surface area contributed by atoms with Crippen molar-refractivity contribution in [3.05, 3.63) is 22.7 Å². The Morgan fingerprint density at radius 3 is 1.27 bits per heavy atom. The molecule has 0 aromatic rings. The van der Waals surface area contributed by atoms with Crippen molar-refractivity contribution in [1.29, 1.82) is 10.5 Å². The first-order valence-corrected chi connectivity index (χ1v) is 5.15. The largest absolute Gasteiger partial charge is 0.504 e. The monoisotopic (exact) mass is 328 g/mol. The SMILES string of the molecule is N#C/C(CC(=O)C/C(C#N)=C(\O)C(F)(F)F)=C(/O)C(F)(F)F. The van der Waals surface area contributed by atoms with Crippen LogP contribution in [0.2, 0.25) is 0 Å². The Morgan fingerprint density at radius 2 is 1.09 bits per heavy atom. The smallest absolute Gasteiger partial charge is 0.449 e. The predicted molar refractivity (Wildman–Crippen MR) is 56.9 cm³/mol. The number of halogens is 6. The second kappa shape index (κ2) is 6.85. The van der Waals surface area contributed by atoms with Gasteiger partial charge in [-0.15, -0.1) is 0 Å². The molecule has 0 unspecified atom stereocenters. The number of hydrogen-bond acceptors (Lipinski definition) is 5. The van der Waals surface area contributed by atoms with E-state index in [1.54, 1.807) is 0 Å². The standard InChI is InChI=1S/C11H6F6N2O3/c12-10(13,14)8(21)5(3-18)1-7(20)2-6(4-19)9(22)11(15,16)17/h21-22H,1-2H2/b8-5+,9-6+. The highest BCUT2D eigenvalue weighted by Crippen LogP contribution is 2.29. The van der Waals surface area contributed by atoms with Gasteiger partial charge in [0.25, 0.3) is 0 Å². The van der Waals surface area contributed by atoms with Crippen molar-refractivity contribution in [3.8, 4) is 12.1 Å². The second-order valence-corrected chi connectivity index (χ2v) is 3.77. The van der Waals surface area contributed by atoms with Gasteiger partial charge in [-0.05, 0) is 0 Å². The molecule has 0 atom stereocenters. The zero-order chi connectivity index (χ0) is 17.7. The van der Waals surface area contributed by atoms with Gasteiger partial charge in [-0.3, -0.25) is 4.79 Å². The number of ketones is 1. The number of aliphatic hydroxyl groups excluding tert-OH is 2. The highest BCUT2D eigenvalue weighted by molar-refractivity contribution is 5.84. The summed E-state index contributed by atoms with van der Waals surface area (Å²) in [7, 11) is 0. The zero-order valence-corrected chi connectivity index (χ0v) is 10.4. The van der Waals surface area contributed by atoms with Crippen LogP contribution in [0.5, 0.6) is 0 Å². The Labute approximate surface area is 119 Å². The lowest BCUT2D eigenvalue weighted by Gasteiger charge is -2.09. The summed E-state index contributed by atoms with van der Waals surface area (Å²) in [6.45, 7) is 0. The number of allylic oxidation sites excluding steroid dienone is 4. The summed E-state index contributed by atoms with van der Waals surface area (Å²) >= 11 is 0. The maximum Gasteiger partial charge on any atom is 0.449 e. The van der Waals surface area contributed by atoms with E-state index in [4.69, 9.17) is 20.7 Å². The first-order valence-electron chi connectivity index (χ1n) is 5.15. The van der Waals surface area contributed by atoms with Crippen LogP contribution in [0.4, 0.5) is 26.3 Å². The summed E-state index contributed by atoms with van der Waals surface area (Å²) in [5.41, 5.74) is -2.83. The molecule has 0 spiro atoms. The topological polar surface area (TPSA) is 105 Å². The molecule has 0 heterocycles. The minimum absolute atomic E-state index is 0.895.